The number of aromatic nitrogens is 2. The Bertz CT molecular complexity index is 704. The summed E-state index contributed by atoms with van der Waals surface area (Å²) in [7, 11) is 0. The molecular formula is C15H13N3O2. The van der Waals surface area contributed by atoms with E-state index in [2.05, 4.69) is 15.3 Å². The van der Waals surface area contributed by atoms with Crippen LogP contribution >= 0.6 is 0 Å². The van der Waals surface area contributed by atoms with Crippen LogP contribution in [0.1, 0.15) is 29.2 Å². The van der Waals surface area contributed by atoms with Gasteiger partial charge in [0.05, 0.1) is 12.2 Å². The van der Waals surface area contributed by atoms with Gasteiger partial charge in [-0.2, -0.15) is 0 Å². The molecule has 0 aliphatic carbocycles. The lowest BCUT2D eigenvalue weighted by Crippen LogP contribution is -2.27. The summed E-state index contributed by atoms with van der Waals surface area (Å²) in [6.07, 6.45) is 4.45. The number of amides is 1. The molecule has 3 rings (SSSR count). The fourth-order valence-electron chi connectivity index (χ4n) is 1.97. The predicted molar refractivity (Wildman–Crippen MR) is 74.1 cm³/mol. The van der Waals surface area contributed by atoms with E-state index in [1.165, 1.54) is 18.6 Å². The molecule has 0 saturated carbocycles. The van der Waals surface area contributed by atoms with Crippen molar-refractivity contribution in [3.63, 3.8) is 0 Å². The first-order chi connectivity index (χ1) is 9.74. The standard InChI is InChI=1S/C15H13N3O2/c1-10(18-15(19)12-9-16-6-7-17-12)14-8-11-4-2-3-5-13(11)20-14/h2-10H,1H3,(H,18,19). The normalized spacial score (nSPS) is 12.2. The van der Waals surface area contributed by atoms with E-state index in [9.17, 15) is 4.79 Å². The van der Waals surface area contributed by atoms with Crippen molar-refractivity contribution in [2.24, 2.45) is 0 Å². The van der Waals surface area contributed by atoms with Crippen molar-refractivity contribution in [3.8, 4) is 0 Å². The molecule has 0 fully saturated rings. The lowest BCUT2D eigenvalue weighted by molar-refractivity contribution is 0.0930. The monoisotopic (exact) mass is 267 g/mol. The number of nitrogens with one attached hydrogen (secondary N) is 1. The zero-order valence-electron chi connectivity index (χ0n) is 10.9. The predicted octanol–water partition coefficient (Wildman–Crippen LogP) is 2.71. The summed E-state index contributed by atoms with van der Waals surface area (Å²) in [5.74, 6) is 0.439. The maximum absolute atomic E-state index is 12.0. The molecule has 1 N–H and O–H groups in total. The van der Waals surface area contributed by atoms with E-state index in [1.807, 2.05) is 37.3 Å². The second-order valence-electron chi connectivity index (χ2n) is 4.47. The number of furan rings is 1. The minimum Gasteiger partial charge on any atom is -0.459 e. The number of para-hydroxylation sites is 1. The number of benzene rings is 1. The van der Waals surface area contributed by atoms with Crippen LogP contribution in [0.5, 0.6) is 0 Å². The topological polar surface area (TPSA) is 68.0 Å². The van der Waals surface area contributed by atoms with Crippen LogP contribution in [0.4, 0.5) is 0 Å². The number of fused-ring (bicyclic) bond motifs is 1. The molecule has 0 aliphatic rings. The van der Waals surface area contributed by atoms with Crippen LogP contribution in [0, 0.1) is 0 Å². The van der Waals surface area contributed by atoms with E-state index >= 15 is 0 Å². The highest BCUT2D eigenvalue weighted by Gasteiger charge is 2.15. The Kier molecular flexibility index (Phi) is 3.16. The number of hydrogen-bond acceptors (Lipinski definition) is 4. The fourth-order valence-corrected chi connectivity index (χ4v) is 1.97. The maximum atomic E-state index is 12.0. The van der Waals surface area contributed by atoms with E-state index in [4.69, 9.17) is 4.42 Å². The van der Waals surface area contributed by atoms with Gasteiger partial charge in [0.15, 0.2) is 0 Å². The third-order valence-electron chi connectivity index (χ3n) is 3.01. The number of carbonyl (C=O) groups is 1. The van der Waals surface area contributed by atoms with Gasteiger partial charge in [-0.3, -0.25) is 9.78 Å². The Morgan fingerprint density at radius 1 is 1.30 bits per heavy atom. The fraction of sp³-hybridized carbons (Fsp3) is 0.133. The molecule has 100 valence electrons. The minimum atomic E-state index is -0.272. The van der Waals surface area contributed by atoms with Crippen LogP contribution in [0.3, 0.4) is 0 Å². The van der Waals surface area contributed by atoms with Gasteiger partial charge in [0.1, 0.15) is 17.0 Å². The van der Waals surface area contributed by atoms with Gasteiger partial charge >= 0.3 is 0 Å². The third-order valence-corrected chi connectivity index (χ3v) is 3.01. The van der Waals surface area contributed by atoms with Crippen molar-refractivity contribution >= 4 is 16.9 Å². The van der Waals surface area contributed by atoms with Crippen molar-refractivity contribution in [3.05, 3.63) is 60.4 Å². The molecule has 0 spiro atoms. The summed E-state index contributed by atoms with van der Waals surface area (Å²) in [6.45, 7) is 1.87. The molecule has 5 heteroatoms. The summed E-state index contributed by atoms with van der Waals surface area (Å²) in [4.78, 5) is 19.8. The van der Waals surface area contributed by atoms with Gasteiger partial charge in [0.25, 0.3) is 5.91 Å². The zero-order chi connectivity index (χ0) is 13.9. The Morgan fingerprint density at radius 3 is 2.90 bits per heavy atom. The molecule has 1 unspecified atom stereocenters. The lowest BCUT2D eigenvalue weighted by Gasteiger charge is -2.10. The van der Waals surface area contributed by atoms with E-state index < -0.39 is 0 Å². The van der Waals surface area contributed by atoms with Crippen molar-refractivity contribution in [2.45, 2.75) is 13.0 Å². The lowest BCUT2D eigenvalue weighted by atomic mass is 10.2. The van der Waals surface area contributed by atoms with Crippen LogP contribution in [0.15, 0.2) is 53.3 Å². The molecule has 1 amide bonds. The van der Waals surface area contributed by atoms with Crippen LogP contribution in [-0.2, 0) is 0 Å². The average molecular weight is 267 g/mol. The van der Waals surface area contributed by atoms with Crippen molar-refractivity contribution in [1.29, 1.82) is 0 Å². The van der Waals surface area contributed by atoms with Crippen molar-refractivity contribution in [1.82, 2.24) is 15.3 Å². The highest BCUT2D eigenvalue weighted by Crippen LogP contribution is 2.23. The molecule has 3 aromatic rings. The number of carbonyl (C=O) groups excluding carboxylic acids is 1. The van der Waals surface area contributed by atoms with Gasteiger partial charge in [0.2, 0.25) is 0 Å². The maximum Gasteiger partial charge on any atom is 0.272 e. The third kappa shape index (κ3) is 2.38. The molecule has 2 aromatic heterocycles. The molecule has 1 atom stereocenters. The Labute approximate surface area is 115 Å². The second kappa shape index (κ2) is 5.13. The van der Waals surface area contributed by atoms with Crippen LogP contribution in [0.25, 0.3) is 11.0 Å². The van der Waals surface area contributed by atoms with Gasteiger partial charge in [-0.25, -0.2) is 4.98 Å². The summed E-state index contributed by atoms with van der Waals surface area (Å²) in [6, 6.07) is 9.42. The van der Waals surface area contributed by atoms with Crippen molar-refractivity contribution in [2.75, 3.05) is 0 Å². The summed E-state index contributed by atoms with van der Waals surface area (Å²) in [5, 5.41) is 3.85. The first-order valence-electron chi connectivity index (χ1n) is 6.29. The first-order valence-corrected chi connectivity index (χ1v) is 6.29. The summed E-state index contributed by atoms with van der Waals surface area (Å²) < 4.78 is 5.72. The number of hydrogen-bond donors (Lipinski definition) is 1. The molecule has 0 saturated heterocycles. The number of nitrogens with zero attached hydrogens (tertiary/aromatic N) is 2. The number of rotatable bonds is 3. The van der Waals surface area contributed by atoms with E-state index in [0.717, 1.165) is 11.0 Å². The van der Waals surface area contributed by atoms with Gasteiger partial charge < -0.3 is 9.73 Å². The van der Waals surface area contributed by atoms with Gasteiger partial charge in [-0.15, -0.1) is 0 Å². The molecule has 0 radical (unpaired) electrons. The first kappa shape index (κ1) is 12.3. The highest BCUT2D eigenvalue weighted by atomic mass is 16.3. The molecule has 1 aromatic carbocycles. The Balaban J connectivity index is 1.79. The van der Waals surface area contributed by atoms with E-state index in [0.29, 0.717) is 5.76 Å². The zero-order valence-corrected chi connectivity index (χ0v) is 10.9. The smallest absolute Gasteiger partial charge is 0.272 e. The van der Waals surface area contributed by atoms with E-state index in [1.54, 1.807) is 0 Å². The van der Waals surface area contributed by atoms with Gasteiger partial charge in [0, 0.05) is 17.8 Å². The average Bonchev–Trinajstić information content (AvgIpc) is 2.92. The molecule has 20 heavy (non-hydrogen) atoms. The van der Waals surface area contributed by atoms with Crippen LogP contribution < -0.4 is 5.32 Å². The Hall–Kier alpha value is -2.69. The summed E-state index contributed by atoms with van der Waals surface area (Å²) >= 11 is 0. The molecule has 5 nitrogen and oxygen atoms in total. The Morgan fingerprint density at radius 2 is 2.15 bits per heavy atom. The van der Waals surface area contributed by atoms with Crippen molar-refractivity contribution < 1.29 is 9.21 Å². The molecular weight excluding hydrogens is 254 g/mol. The molecule has 2 heterocycles. The second-order valence-corrected chi connectivity index (χ2v) is 4.47. The minimum absolute atomic E-state index is 0.239. The van der Waals surface area contributed by atoms with Crippen LogP contribution in [-0.4, -0.2) is 15.9 Å². The van der Waals surface area contributed by atoms with Crippen LogP contribution in [0.2, 0.25) is 0 Å². The molecule has 0 aliphatic heterocycles. The highest BCUT2D eigenvalue weighted by molar-refractivity contribution is 5.92. The van der Waals surface area contributed by atoms with Gasteiger partial charge in [-0.05, 0) is 19.1 Å². The largest absolute Gasteiger partial charge is 0.459 e. The quantitative estimate of drug-likeness (QED) is 0.792. The summed E-state index contributed by atoms with van der Waals surface area (Å²) in [5.41, 5.74) is 1.10. The van der Waals surface area contributed by atoms with E-state index in [-0.39, 0.29) is 17.6 Å². The molecule has 0 bridgehead atoms. The van der Waals surface area contributed by atoms with Gasteiger partial charge in [-0.1, -0.05) is 18.2 Å². The SMILES string of the molecule is CC(NC(=O)c1cnccn1)c1cc2ccccc2o1.